The highest BCUT2D eigenvalue weighted by Gasteiger charge is 2.15. The Morgan fingerprint density at radius 2 is 1.92 bits per heavy atom. The predicted molar refractivity (Wildman–Crippen MR) is 96.9 cm³/mol. The molecule has 0 bridgehead atoms. The number of nitrogens with one attached hydrogen (secondary N) is 1. The van der Waals surface area contributed by atoms with Gasteiger partial charge in [0.05, 0.1) is 11.7 Å². The Balaban J connectivity index is 1.88. The number of hydrogen-bond acceptors (Lipinski definition) is 5. The second-order valence-corrected chi connectivity index (χ2v) is 5.96. The molecule has 6 heteroatoms. The van der Waals surface area contributed by atoms with E-state index in [-0.39, 0.29) is 12.0 Å². The summed E-state index contributed by atoms with van der Waals surface area (Å²) in [4.78, 5) is 12.5. The number of anilines is 2. The number of rotatable bonds is 5. The monoisotopic (exact) mass is 339 g/mol. The average molecular weight is 340 g/mol. The third-order valence-electron chi connectivity index (χ3n) is 3.64. The highest BCUT2D eigenvalue weighted by Crippen LogP contribution is 2.23. The van der Waals surface area contributed by atoms with Crippen molar-refractivity contribution in [3.63, 3.8) is 0 Å². The van der Waals surface area contributed by atoms with Gasteiger partial charge in [-0.1, -0.05) is 47.5 Å². The van der Waals surface area contributed by atoms with Crippen LogP contribution in [0, 0.1) is 6.92 Å². The molecule has 0 fully saturated rings. The molecule has 5 nitrogen and oxygen atoms in total. The lowest BCUT2D eigenvalue weighted by Gasteiger charge is -2.19. The van der Waals surface area contributed by atoms with E-state index in [0.717, 1.165) is 12.1 Å². The van der Waals surface area contributed by atoms with Crippen molar-refractivity contribution in [1.82, 2.24) is 15.0 Å². The van der Waals surface area contributed by atoms with E-state index < -0.39 is 0 Å². The molecule has 0 spiro atoms. The van der Waals surface area contributed by atoms with Crippen LogP contribution in [0.3, 0.4) is 0 Å². The zero-order valence-electron chi connectivity index (χ0n) is 13.3. The molecule has 2 heterocycles. The normalized spacial score (nSPS) is 11.9. The molecule has 2 aromatic heterocycles. The summed E-state index contributed by atoms with van der Waals surface area (Å²) < 4.78 is 0. The molecule has 1 atom stereocenters. The summed E-state index contributed by atoms with van der Waals surface area (Å²) in [5, 5.41) is 3.67. The number of halogens is 1. The van der Waals surface area contributed by atoms with E-state index in [0.29, 0.717) is 11.0 Å². The van der Waals surface area contributed by atoms with Gasteiger partial charge in [0.15, 0.2) is 0 Å². The summed E-state index contributed by atoms with van der Waals surface area (Å²) in [6, 6.07) is 15.9. The maximum absolute atomic E-state index is 5.97. The van der Waals surface area contributed by atoms with Gasteiger partial charge in [0.25, 0.3) is 0 Å². The fraction of sp³-hybridized carbons (Fsp3) is 0.167. The summed E-state index contributed by atoms with van der Waals surface area (Å²) in [5.41, 5.74) is 9.04. The molecule has 0 saturated carbocycles. The quantitative estimate of drug-likeness (QED) is 0.691. The van der Waals surface area contributed by atoms with Crippen molar-refractivity contribution in [1.29, 1.82) is 0 Å². The fourth-order valence-electron chi connectivity index (χ4n) is 2.46. The van der Waals surface area contributed by atoms with Crippen LogP contribution in [-0.2, 0) is 6.42 Å². The van der Waals surface area contributed by atoms with Crippen molar-refractivity contribution in [3.05, 3.63) is 76.7 Å². The molecule has 0 aliphatic rings. The smallest absolute Gasteiger partial charge is 0.223 e. The molecule has 122 valence electrons. The van der Waals surface area contributed by atoms with Crippen LogP contribution in [-0.4, -0.2) is 15.0 Å². The van der Waals surface area contributed by atoms with Crippen LogP contribution in [0.15, 0.2) is 54.7 Å². The van der Waals surface area contributed by atoms with Crippen molar-refractivity contribution in [2.75, 3.05) is 11.1 Å². The zero-order chi connectivity index (χ0) is 16.9. The molecule has 0 amide bonds. The van der Waals surface area contributed by atoms with Crippen LogP contribution in [0.1, 0.15) is 22.9 Å². The van der Waals surface area contributed by atoms with Gasteiger partial charge in [-0.25, -0.2) is 4.98 Å². The summed E-state index contributed by atoms with van der Waals surface area (Å²) in [6.07, 6.45) is 2.54. The summed E-state index contributed by atoms with van der Waals surface area (Å²) >= 11 is 5.97. The van der Waals surface area contributed by atoms with Crippen molar-refractivity contribution in [3.8, 4) is 0 Å². The highest BCUT2D eigenvalue weighted by molar-refractivity contribution is 6.29. The number of nitrogen functional groups attached to an aromatic ring is 1. The van der Waals surface area contributed by atoms with Crippen molar-refractivity contribution < 1.29 is 0 Å². The number of benzene rings is 1. The molecule has 3 aromatic rings. The van der Waals surface area contributed by atoms with Crippen LogP contribution < -0.4 is 11.1 Å². The van der Waals surface area contributed by atoms with Crippen molar-refractivity contribution in [2.45, 2.75) is 19.4 Å². The SMILES string of the molecule is Cc1ccc(CC(Nc2cc(Cl)nc(N)n2)c2ccccn2)cc1. The van der Waals surface area contributed by atoms with E-state index in [1.54, 1.807) is 12.3 Å². The lowest BCUT2D eigenvalue weighted by atomic mass is 10.0. The maximum Gasteiger partial charge on any atom is 0.223 e. The Labute approximate surface area is 145 Å². The Kier molecular flexibility index (Phi) is 4.91. The van der Waals surface area contributed by atoms with Crippen LogP contribution in [0.2, 0.25) is 5.15 Å². The first-order valence-corrected chi connectivity index (χ1v) is 8.01. The number of pyridine rings is 1. The molecule has 0 aliphatic heterocycles. The lowest BCUT2D eigenvalue weighted by molar-refractivity contribution is 0.741. The molecule has 3 N–H and O–H groups in total. The molecular formula is C18H18ClN5. The minimum Gasteiger partial charge on any atom is -0.368 e. The molecule has 0 aliphatic carbocycles. The van der Waals surface area contributed by atoms with Crippen LogP contribution in [0.4, 0.5) is 11.8 Å². The number of hydrogen-bond donors (Lipinski definition) is 2. The first-order chi connectivity index (χ1) is 11.6. The Morgan fingerprint density at radius 3 is 2.58 bits per heavy atom. The minimum atomic E-state index is -0.0562. The summed E-state index contributed by atoms with van der Waals surface area (Å²) in [7, 11) is 0. The number of nitrogens with two attached hydrogens (primary N) is 1. The highest BCUT2D eigenvalue weighted by atomic mass is 35.5. The van der Waals surface area contributed by atoms with Crippen molar-refractivity contribution in [2.24, 2.45) is 0 Å². The zero-order valence-corrected chi connectivity index (χ0v) is 14.0. The Morgan fingerprint density at radius 1 is 1.12 bits per heavy atom. The average Bonchev–Trinajstić information content (AvgIpc) is 2.56. The van der Waals surface area contributed by atoms with Gasteiger partial charge in [-0.3, -0.25) is 4.98 Å². The van der Waals surface area contributed by atoms with E-state index in [1.165, 1.54) is 11.1 Å². The number of nitrogens with zero attached hydrogens (tertiary/aromatic N) is 3. The van der Waals surface area contributed by atoms with E-state index in [2.05, 4.69) is 51.5 Å². The second kappa shape index (κ2) is 7.27. The van der Waals surface area contributed by atoms with Gasteiger partial charge in [0.1, 0.15) is 11.0 Å². The van der Waals surface area contributed by atoms with Crippen LogP contribution >= 0.6 is 11.6 Å². The largest absolute Gasteiger partial charge is 0.368 e. The first-order valence-electron chi connectivity index (χ1n) is 7.63. The van der Waals surface area contributed by atoms with Gasteiger partial charge in [0.2, 0.25) is 5.95 Å². The Hall–Kier alpha value is -2.66. The predicted octanol–water partition coefficient (Wildman–Crippen LogP) is 3.81. The fourth-order valence-corrected chi connectivity index (χ4v) is 2.65. The summed E-state index contributed by atoms with van der Waals surface area (Å²) in [6.45, 7) is 2.07. The maximum atomic E-state index is 5.97. The third kappa shape index (κ3) is 4.20. The van der Waals surface area contributed by atoms with Crippen LogP contribution in [0.25, 0.3) is 0 Å². The topological polar surface area (TPSA) is 76.7 Å². The van der Waals surface area contributed by atoms with E-state index in [9.17, 15) is 0 Å². The summed E-state index contributed by atoms with van der Waals surface area (Å²) in [5.74, 6) is 0.718. The Bertz CT molecular complexity index is 785. The van der Waals surface area contributed by atoms with Gasteiger partial charge >= 0.3 is 0 Å². The molecule has 1 aromatic carbocycles. The van der Waals surface area contributed by atoms with Gasteiger partial charge in [-0.2, -0.15) is 4.98 Å². The van der Waals surface area contributed by atoms with Crippen LogP contribution in [0.5, 0.6) is 0 Å². The van der Waals surface area contributed by atoms with Gasteiger partial charge in [-0.15, -0.1) is 0 Å². The van der Waals surface area contributed by atoms with E-state index in [4.69, 9.17) is 17.3 Å². The molecule has 0 saturated heterocycles. The molecule has 1 unspecified atom stereocenters. The van der Waals surface area contributed by atoms with Gasteiger partial charge < -0.3 is 11.1 Å². The standard InChI is InChI=1S/C18H18ClN5/c1-12-5-7-13(8-6-12)10-15(14-4-2-3-9-21-14)22-17-11-16(19)23-18(20)24-17/h2-9,11,15H,10H2,1H3,(H3,20,22,23,24). The number of aromatic nitrogens is 3. The molecule has 3 rings (SSSR count). The van der Waals surface area contributed by atoms with Gasteiger partial charge in [-0.05, 0) is 31.0 Å². The molecule has 0 radical (unpaired) electrons. The minimum absolute atomic E-state index is 0.0562. The molecular weight excluding hydrogens is 322 g/mol. The van der Waals surface area contributed by atoms with Gasteiger partial charge in [0, 0.05) is 12.3 Å². The third-order valence-corrected chi connectivity index (χ3v) is 3.83. The molecule has 24 heavy (non-hydrogen) atoms. The van der Waals surface area contributed by atoms with Crippen molar-refractivity contribution >= 4 is 23.4 Å². The van der Waals surface area contributed by atoms with E-state index >= 15 is 0 Å². The lowest BCUT2D eigenvalue weighted by Crippen LogP contribution is -2.16. The van der Waals surface area contributed by atoms with E-state index in [1.807, 2.05) is 18.2 Å². The first kappa shape index (κ1) is 16.2. The second-order valence-electron chi connectivity index (χ2n) is 5.58. The number of aryl methyl sites for hydroxylation is 1.